The highest BCUT2D eigenvalue weighted by molar-refractivity contribution is 5.73. The Morgan fingerprint density at radius 3 is 2.67 bits per heavy atom. The van der Waals surface area contributed by atoms with E-state index in [0.717, 1.165) is 25.7 Å². The molecule has 0 bridgehead atoms. The van der Waals surface area contributed by atoms with E-state index in [4.69, 9.17) is 0 Å². The Kier molecular flexibility index (Phi) is 3.34. The first kappa shape index (κ1) is 9.32. The van der Waals surface area contributed by atoms with Gasteiger partial charge in [-0.15, -0.1) is 0 Å². The number of aliphatic hydroxyl groups is 1. The van der Waals surface area contributed by atoms with Crippen molar-refractivity contribution in [2.45, 2.75) is 37.8 Å². The number of carbonyl (C=O) groups is 1. The van der Waals surface area contributed by atoms with Crippen LogP contribution in [0.25, 0.3) is 0 Å². The van der Waals surface area contributed by atoms with Gasteiger partial charge >= 0.3 is 6.03 Å². The lowest BCUT2D eigenvalue weighted by molar-refractivity contribution is 0.0945. The third kappa shape index (κ3) is 2.37. The summed E-state index contributed by atoms with van der Waals surface area (Å²) in [7, 11) is 1.57. The second-order valence-corrected chi connectivity index (χ2v) is 3.18. The summed E-state index contributed by atoms with van der Waals surface area (Å²) in [6.45, 7) is 0. The first-order valence-electron chi connectivity index (χ1n) is 4.40. The highest BCUT2D eigenvalue weighted by Crippen LogP contribution is 2.17. The molecule has 1 rings (SSSR count). The Morgan fingerprint density at radius 2 is 2.08 bits per heavy atom. The normalized spacial score (nSPS) is 29.5. The SMILES string of the molecule is CNC(=O)N[C@H]1CCCC[C@@H]1O. The summed E-state index contributed by atoms with van der Waals surface area (Å²) in [6.07, 6.45) is 3.47. The van der Waals surface area contributed by atoms with Crippen LogP contribution in [0.1, 0.15) is 25.7 Å². The summed E-state index contributed by atoms with van der Waals surface area (Å²) in [5.41, 5.74) is 0. The lowest BCUT2D eigenvalue weighted by Crippen LogP contribution is -2.48. The van der Waals surface area contributed by atoms with Gasteiger partial charge in [0.2, 0.25) is 0 Å². The van der Waals surface area contributed by atoms with Crippen molar-refractivity contribution >= 4 is 6.03 Å². The summed E-state index contributed by atoms with van der Waals surface area (Å²) in [4.78, 5) is 10.9. The van der Waals surface area contributed by atoms with Crippen LogP contribution in [0.15, 0.2) is 0 Å². The van der Waals surface area contributed by atoms with E-state index in [1.807, 2.05) is 0 Å². The summed E-state index contributed by atoms with van der Waals surface area (Å²) in [5.74, 6) is 0. The fourth-order valence-corrected chi connectivity index (χ4v) is 1.52. The van der Waals surface area contributed by atoms with Crippen molar-refractivity contribution in [3.8, 4) is 0 Å². The molecule has 70 valence electrons. The maximum atomic E-state index is 10.9. The zero-order valence-corrected chi connectivity index (χ0v) is 7.34. The van der Waals surface area contributed by atoms with Gasteiger partial charge in [-0.25, -0.2) is 4.79 Å². The monoisotopic (exact) mass is 172 g/mol. The molecule has 2 atom stereocenters. The van der Waals surface area contributed by atoms with Gasteiger partial charge in [0, 0.05) is 7.05 Å². The van der Waals surface area contributed by atoms with Crippen molar-refractivity contribution in [2.24, 2.45) is 0 Å². The van der Waals surface area contributed by atoms with Crippen LogP contribution in [0.2, 0.25) is 0 Å². The Hall–Kier alpha value is -0.770. The van der Waals surface area contributed by atoms with Crippen LogP contribution >= 0.6 is 0 Å². The van der Waals surface area contributed by atoms with Gasteiger partial charge in [-0.1, -0.05) is 12.8 Å². The minimum atomic E-state index is -0.365. The summed E-state index contributed by atoms with van der Waals surface area (Å²) in [5, 5.41) is 14.7. The molecule has 1 fully saturated rings. The Labute approximate surface area is 72.3 Å². The molecule has 0 spiro atoms. The van der Waals surface area contributed by atoms with Gasteiger partial charge in [-0.3, -0.25) is 0 Å². The molecule has 0 radical (unpaired) electrons. The summed E-state index contributed by atoms with van der Waals surface area (Å²) in [6, 6.07) is -0.264. The molecule has 1 saturated carbocycles. The fourth-order valence-electron chi connectivity index (χ4n) is 1.52. The summed E-state index contributed by atoms with van der Waals surface area (Å²) < 4.78 is 0. The number of nitrogens with one attached hydrogen (secondary N) is 2. The lowest BCUT2D eigenvalue weighted by atomic mass is 9.93. The van der Waals surface area contributed by atoms with Crippen LogP contribution in [0.4, 0.5) is 4.79 Å². The highest BCUT2D eigenvalue weighted by atomic mass is 16.3. The third-order valence-electron chi connectivity index (χ3n) is 2.27. The van der Waals surface area contributed by atoms with Crippen molar-refractivity contribution in [1.29, 1.82) is 0 Å². The van der Waals surface area contributed by atoms with Crippen molar-refractivity contribution in [3.05, 3.63) is 0 Å². The molecule has 0 aromatic rings. The first-order valence-corrected chi connectivity index (χ1v) is 4.40. The van der Waals surface area contributed by atoms with Crippen molar-refractivity contribution in [3.63, 3.8) is 0 Å². The number of urea groups is 1. The number of rotatable bonds is 1. The maximum Gasteiger partial charge on any atom is 0.314 e. The molecule has 0 aromatic heterocycles. The van der Waals surface area contributed by atoms with Crippen LogP contribution in [0.3, 0.4) is 0 Å². The number of carbonyl (C=O) groups excluding carboxylic acids is 1. The molecule has 2 amide bonds. The maximum absolute atomic E-state index is 10.9. The Morgan fingerprint density at radius 1 is 1.42 bits per heavy atom. The van der Waals surface area contributed by atoms with Crippen LogP contribution in [-0.4, -0.2) is 30.3 Å². The molecular weight excluding hydrogens is 156 g/mol. The highest BCUT2D eigenvalue weighted by Gasteiger charge is 2.23. The zero-order valence-electron chi connectivity index (χ0n) is 7.34. The molecule has 0 saturated heterocycles. The van der Waals surface area contributed by atoms with E-state index in [9.17, 15) is 9.90 Å². The molecule has 0 heterocycles. The van der Waals surface area contributed by atoms with Crippen molar-refractivity contribution in [2.75, 3.05) is 7.05 Å². The van der Waals surface area contributed by atoms with E-state index < -0.39 is 0 Å². The average molecular weight is 172 g/mol. The molecule has 1 aliphatic rings. The van der Waals surface area contributed by atoms with E-state index in [1.54, 1.807) is 7.05 Å². The van der Waals surface area contributed by atoms with Gasteiger partial charge in [0.05, 0.1) is 12.1 Å². The number of aliphatic hydroxyl groups excluding tert-OH is 1. The van der Waals surface area contributed by atoms with E-state index in [2.05, 4.69) is 10.6 Å². The van der Waals surface area contributed by atoms with E-state index in [-0.39, 0.29) is 18.2 Å². The zero-order chi connectivity index (χ0) is 8.97. The Balaban J connectivity index is 2.33. The molecular formula is C8H16N2O2. The van der Waals surface area contributed by atoms with Crippen LogP contribution in [0, 0.1) is 0 Å². The topological polar surface area (TPSA) is 61.4 Å². The fraction of sp³-hybridized carbons (Fsp3) is 0.875. The molecule has 4 heteroatoms. The smallest absolute Gasteiger partial charge is 0.314 e. The molecule has 0 aromatic carbocycles. The van der Waals surface area contributed by atoms with Crippen molar-refractivity contribution in [1.82, 2.24) is 10.6 Å². The molecule has 3 N–H and O–H groups in total. The lowest BCUT2D eigenvalue weighted by Gasteiger charge is -2.27. The van der Waals surface area contributed by atoms with E-state index in [1.165, 1.54) is 0 Å². The van der Waals surface area contributed by atoms with Crippen molar-refractivity contribution < 1.29 is 9.90 Å². The van der Waals surface area contributed by atoms with Gasteiger partial charge in [-0.2, -0.15) is 0 Å². The molecule has 1 aliphatic carbocycles. The largest absolute Gasteiger partial charge is 0.391 e. The van der Waals surface area contributed by atoms with Crippen LogP contribution in [-0.2, 0) is 0 Å². The van der Waals surface area contributed by atoms with Crippen LogP contribution < -0.4 is 10.6 Å². The van der Waals surface area contributed by atoms with Gasteiger partial charge in [0.15, 0.2) is 0 Å². The van der Waals surface area contributed by atoms with Gasteiger partial charge < -0.3 is 15.7 Å². The number of hydrogen-bond donors (Lipinski definition) is 3. The van der Waals surface area contributed by atoms with Gasteiger partial charge in [0.25, 0.3) is 0 Å². The van der Waals surface area contributed by atoms with Crippen LogP contribution in [0.5, 0.6) is 0 Å². The van der Waals surface area contributed by atoms with Gasteiger partial charge in [0.1, 0.15) is 0 Å². The minimum absolute atomic E-state index is 0.0568. The molecule has 4 nitrogen and oxygen atoms in total. The number of hydrogen-bond acceptors (Lipinski definition) is 2. The summed E-state index contributed by atoms with van der Waals surface area (Å²) >= 11 is 0. The third-order valence-corrected chi connectivity index (χ3v) is 2.27. The Bertz CT molecular complexity index is 161. The standard InChI is InChI=1S/C8H16N2O2/c1-9-8(12)10-6-4-2-3-5-7(6)11/h6-7,11H,2-5H2,1H3,(H2,9,10,12)/t6-,7-/m0/s1. The minimum Gasteiger partial charge on any atom is -0.391 e. The second kappa shape index (κ2) is 4.30. The average Bonchev–Trinajstić information content (AvgIpc) is 2.09. The quantitative estimate of drug-likeness (QED) is 0.530. The molecule has 0 unspecified atom stereocenters. The van der Waals surface area contributed by atoms with E-state index in [0.29, 0.717) is 0 Å². The molecule has 0 aliphatic heterocycles. The predicted octanol–water partition coefficient (Wildman–Crippen LogP) is 0.219. The first-order chi connectivity index (χ1) is 5.74. The van der Waals surface area contributed by atoms with Gasteiger partial charge in [-0.05, 0) is 12.8 Å². The number of amides is 2. The van der Waals surface area contributed by atoms with E-state index >= 15 is 0 Å². The second-order valence-electron chi connectivity index (χ2n) is 3.18. The predicted molar refractivity (Wildman–Crippen MR) is 45.9 cm³/mol. The molecule has 12 heavy (non-hydrogen) atoms.